The first-order chi connectivity index (χ1) is 24.5. The molecule has 0 amide bonds. The van der Waals surface area contributed by atoms with E-state index in [4.69, 9.17) is 0 Å². The molecule has 0 spiro atoms. The fourth-order valence-electron chi connectivity index (χ4n) is 9.76. The molecule has 0 saturated carbocycles. The van der Waals surface area contributed by atoms with Gasteiger partial charge in [-0.05, 0) is 165 Å². The number of rotatable bonds is 7. The first-order valence-electron chi connectivity index (χ1n) is 18.8. The molecule has 1 N–H and O–H groups in total. The smallest absolute Gasteiger partial charge is 0.0604 e. The summed E-state index contributed by atoms with van der Waals surface area (Å²) in [5, 5.41) is 4.01. The van der Waals surface area contributed by atoms with Crippen molar-refractivity contribution in [3.05, 3.63) is 176 Å². The summed E-state index contributed by atoms with van der Waals surface area (Å²) < 4.78 is 0. The number of hydrogen-bond acceptors (Lipinski definition) is 1. The van der Waals surface area contributed by atoms with Crippen LogP contribution in [0.5, 0.6) is 0 Å². The van der Waals surface area contributed by atoms with Crippen molar-refractivity contribution >= 4 is 0 Å². The zero-order valence-electron chi connectivity index (χ0n) is 32.1. The molecule has 7 rings (SSSR count). The molecule has 1 aliphatic rings. The highest BCUT2D eigenvalue weighted by atomic mass is 15.0. The Hall–Kier alpha value is -4.72. The largest absolute Gasteiger partial charge is 0.312 e. The van der Waals surface area contributed by atoms with E-state index in [0.717, 1.165) is 13.0 Å². The van der Waals surface area contributed by atoms with E-state index < -0.39 is 0 Å². The molecule has 258 valence electrons. The van der Waals surface area contributed by atoms with E-state index in [1.807, 2.05) is 0 Å². The van der Waals surface area contributed by atoms with Crippen LogP contribution in [-0.4, -0.2) is 12.6 Å². The molecule has 1 heterocycles. The molecule has 1 unspecified atom stereocenters. The Morgan fingerprint density at radius 2 is 0.686 bits per heavy atom. The Balaban J connectivity index is 1.43. The molecule has 1 nitrogen and oxygen atoms in total. The lowest BCUT2D eigenvalue weighted by molar-refractivity contribution is 0.435. The van der Waals surface area contributed by atoms with Gasteiger partial charge in [-0.25, -0.2) is 0 Å². The van der Waals surface area contributed by atoms with E-state index in [-0.39, 0.29) is 11.5 Å². The topological polar surface area (TPSA) is 12.0 Å². The van der Waals surface area contributed by atoms with E-state index in [0.29, 0.717) is 0 Å². The molecule has 6 aromatic carbocycles. The molecule has 1 aliphatic heterocycles. The number of benzene rings is 6. The van der Waals surface area contributed by atoms with Crippen LogP contribution in [0.2, 0.25) is 0 Å². The van der Waals surface area contributed by atoms with Crippen LogP contribution >= 0.6 is 0 Å². The molecule has 0 bridgehead atoms. The van der Waals surface area contributed by atoms with Crippen LogP contribution < -0.4 is 5.32 Å². The normalized spacial score (nSPS) is 14.6. The van der Waals surface area contributed by atoms with Crippen molar-refractivity contribution in [3.63, 3.8) is 0 Å². The third-order valence-electron chi connectivity index (χ3n) is 11.5. The van der Waals surface area contributed by atoms with Crippen LogP contribution in [0.25, 0.3) is 33.4 Å². The Morgan fingerprint density at radius 3 is 0.922 bits per heavy atom. The fraction of sp³-hybridized carbons (Fsp3) is 0.280. The zero-order chi connectivity index (χ0) is 36.0. The van der Waals surface area contributed by atoms with Crippen molar-refractivity contribution in [3.8, 4) is 33.4 Å². The maximum atomic E-state index is 4.01. The van der Waals surface area contributed by atoms with Crippen LogP contribution in [0.1, 0.15) is 79.6 Å². The van der Waals surface area contributed by atoms with Gasteiger partial charge in [0.2, 0.25) is 0 Å². The van der Waals surface area contributed by atoms with Crippen molar-refractivity contribution in [2.45, 2.75) is 86.6 Å². The first-order valence-corrected chi connectivity index (χ1v) is 18.8. The summed E-state index contributed by atoms with van der Waals surface area (Å²) in [5.74, 6) is 0. The minimum absolute atomic E-state index is 0.258. The minimum Gasteiger partial charge on any atom is -0.312 e. The summed E-state index contributed by atoms with van der Waals surface area (Å²) in [6.07, 6.45) is 2.29. The monoisotopic (exact) mass is 667 g/mol. The summed E-state index contributed by atoms with van der Waals surface area (Å²) in [7, 11) is 0. The van der Waals surface area contributed by atoms with Crippen LogP contribution in [0.4, 0.5) is 0 Å². The minimum atomic E-state index is -0.377. The maximum Gasteiger partial charge on any atom is 0.0604 e. The molecule has 1 heteroatoms. The van der Waals surface area contributed by atoms with Crippen molar-refractivity contribution in [1.82, 2.24) is 5.32 Å². The van der Waals surface area contributed by atoms with Crippen LogP contribution in [0.15, 0.2) is 109 Å². The highest BCUT2D eigenvalue weighted by molar-refractivity contribution is 5.75. The molecule has 0 aliphatic carbocycles. The van der Waals surface area contributed by atoms with E-state index in [1.54, 1.807) is 0 Å². The quantitative estimate of drug-likeness (QED) is 0.167. The van der Waals surface area contributed by atoms with Gasteiger partial charge in [0.05, 0.1) is 5.41 Å². The first kappa shape index (κ1) is 34.7. The van der Waals surface area contributed by atoms with Gasteiger partial charge in [-0.3, -0.25) is 0 Å². The molecule has 0 radical (unpaired) electrons. The lowest BCUT2D eigenvalue weighted by Crippen LogP contribution is -2.47. The lowest BCUT2D eigenvalue weighted by Gasteiger charge is -2.41. The van der Waals surface area contributed by atoms with Gasteiger partial charge in [-0.2, -0.15) is 0 Å². The Morgan fingerprint density at radius 1 is 0.412 bits per heavy atom. The van der Waals surface area contributed by atoms with Crippen LogP contribution in [0.3, 0.4) is 0 Å². The van der Waals surface area contributed by atoms with Crippen molar-refractivity contribution in [1.29, 1.82) is 0 Å². The van der Waals surface area contributed by atoms with Crippen molar-refractivity contribution in [2.24, 2.45) is 0 Å². The Bertz CT molecular complexity index is 1900. The van der Waals surface area contributed by atoms with Crippen molar-refractivity contribution in [2.75, 3.05) is 6.54 Å². The third-order valence-corrected chi connectivity index (χ3v) is 11.5. The Labute approximate surface area is 306 Å². The van der Waals surface area contributed by atoms with Crippen LogP contribution in [0, 0.1) is 62.3 Å². The molecule has 51 heavy (non-hydrogen) atoms. The Kier molecular flexibility index (Phi) is 9.38. The second-order valence-electron chi connectivity index (χ2n) is 15.5. The average molecular weight is 668 g/mol. The summed E-state index contributed by atoms with van der Waals surface area (Å²) in [4.78, 5) is 0. The van der Waals surface area contributed by atoms with Gasteiger partial charge >= 0.3 is 0 Å². The van der Waals surface area contributed by atoms with E-state index in [1.165, 1.54) is 107 Å². The van der Waals surface area contributed by atoms with Gasteiger partial charge < -0.3 is 5.32 Å². The second kappa shape index (κ2) is 13.8. The third kappa shape index (κ3) is 6.27. The highest BCUT2D eigenvalue weighted by Crippen LogP contribution is 2.47. The molecule has 0 aromatic heterocycles. The maximum absolute atomic E-state index is 4.01. The second-order valence-corrected chi connectivity index (χ2v) is 15.5. The zero-order valence-corrected chi connectivity index (χ0v) is 32.1. The van der Waals surface area contributed by atoms with Gasteiger partial charge in [0.25, 0.3) is 0 Å². The standard InChI is InChI=1S/C50H53N/c1-31-25-34(4)47(35(5)26-31)40-12-18-43(19-13-40)50(46-11-10-24-51-46,44-20-14-41(15-21-44)48-36(6)27-32(2)28-37(48)7)45-22-16-42(17-23-45)49-38(8)29-33(3)30-39(49)9/h12-23,25-30,46,51H,10-11,24H2,1-9H3. The summed E-state index contributed by atoms with van der Waals surface area (Å²) in [6, 6.07) is 42.8. The molecular formula is C50H53N. The molecule has 1 atom stereocenters. The van der Waals surface area contributed by atoms with Gasteiger partial charge in [-0.1, -0.05) is 126 Å². The van der Waals surface area contributed by atoms with E-state index in [2.05, 4.69) is 177 Å². The van der Waals surface area contributed by atoms with Crippen LogP contribution in [-0.2, 0) is 5.41 Å². The summed E-state index contributed by atoms with van der Waals surface area (Å²) >= 11 is 0. The highest BCUT2D eigenvalue weighted by Gasteiger charge is 2.45. The van der Waals surface area contributed by atoms with E-state index in [9.17, 15) is 0 Å². The lowest BCUT2D eigenvalue weighted by atomic mass is 9.64. The number of nitrogens with one attached hydrogen (secondary N) is 1. The van der Waals surface area contributed by atoms with Crippen molar-refractivity contribution < 1.29 is 0 Å². The predicted octanol–water partition coefficient (Wildman–Crippen LogP) is 12.5. The van der Waals surface area contributed by atoms with Gasteiger partial charge in [0.1, 0.15) is 0 Å². The molecule has 1 saturated heterocycles. The molecule has 6 aromatic rings. The number of hydrogen-bond donors (Lipinski definition) is 1. The average Bonchev–Trinajstić information content (AvgIpc) is 3.61. The predicted molar refractivity (Wildman–Crippen MR) is 219 cm³/mol. The van der Waals surface area contributed by atoms with Gasteiger partial charge in [0, 0.05) is 6.04 Å². The molecular weight excluding hydrogens is 615 g/mol. The number of aryl methyl sites for hydroxylation is 9. The fourth-order valence-corrected chi connectivity index (χ4v) is 9.76. The van der Waals surface area contributed by atoms with Gasteiger partial charge in [-0.15, -0.1) is 0 Å². The summed E-state index contributed by atoms with van der Waals surface area (Å²) in [5.41, 5.74) is 23.4. The SMILES string of the molecule is Cc1cc(C)c(-c2ccc(C(c3ccc(-c4c(C)cc(C)cc4C)cc3)(c3ccc(-c4c(C)cc(C)cc4C)cc3)C3CCCN3)cc2)c(C)c1. The molecule has 1 fully saturated rings. The summed E-state index contributed by atoms with van der Waals surface area (Å²) in [6.45, 7) is 21.1. The van der Waals surface area contributed by atoms with E-state index >= 15 is 0 Å². The van der Waals surface area contributed by atoms with Gasteiger partial charge in [0.15, 0.2) is 0 Å².